The molecule has 0 spiro atoms. The molecule has 1 aromatic heterocycles. The number of aromatic nitrogens is 2. The molecule has 14 heavy (non-hydrogen) atoms. The van der Waals surface area contributed by atoms with Gasteiger partial charge in [-0.1, -0.05) is 6.07 Å². The molecule has 0 fully saturated rings. The number of nitrogens with zero attached hydrogens (tertiary/aromatic N) is 2. The maximum atomic E-state index is 5.65. The summed E-state index contributed by atoms with van der Waals surface area (Å²) in [4.78, 5) is 4.21. The molecule has 2 N–H and O–H groups in total. The van der Waals surface area contributed by atoms with Crippen LogP contribution < -0.4 is 5.73 Å². The second kappa shape index (κ2) is 5.15. The van der Waals surface area contributed by atoms with E-state index in [1.54, 1.807) is 0 Å². The van der Waals surface area contributed by atoms with Crippen molar-refractivity contribution >= 4 is 54.2 Å². The molecular formula is C9H11I2N3. The van der Waals surface area contributed by atoms with Crippen LogP contribution in [0.15, 0.2) is 18.2 Å². The van der Waals surface area contributed by atoms with Crippen molar-refractivity contribution in [3.63, 3.8) is 0 Å². The van der Waals surface area contributed by atoms with E-state index in [0.29, 0.717) is 5.95 Å². The van der Waals surface area contributed by atoms with E-state index >= 15 is 0 Å². The summed E-state index contributed by atoms with van der Waals surface area (Å²) in [5.74, 6) is 0.565. The Balaban J connectivity index is 0.000000461. The lowest BCUT2D eigenvalue weighted by molar-refractivity contribution is 0.965. The quantitative estimate of drug-likeness (QED) is 0.672. The first-order valence-electron chi connectivity index (χ1n) is 4.01. The first-order valence-corrected chi connectivity index (χ1v) is 10.3. The van der Waals surface area contributed by atoms with Gasteiger partial charge in [-0.25, -0.2) is 4.98 Å². The normalized spacial score (nSPS) is 9.71. The molecule has 0 aliphatic carbocycles. The van der Waals surface area contributed by atoms with Crippen molar-refractivity contribution in [1.82, 2.24) is 9.55 Å². The molecule has 0 amide bonds. The summed E-state index contributed by atoms with van der Waals surface area (Å²) >= 11 is 4.24. The van der Waals surface area contributed by atoms with Crippen LogP contribution in [0.3, 0.4) is 0 Å². The molecule has 1 aromatic carbocycles. The van der Waals surface area contributed by atoms with E-state index in [-0.39, 0.29) is 0 Å². The molecule has 2 aromatic rings. The van der Waals surface area contributed by atoms with E-state index in [2.05, 4.69) is 48.3 Å². The molecule has 2 rings (SSSR count). The molecule has 0 bridgehead atoms. The van der Waals surface area contributed by atoms with E-state index < -0.39 is 0 Å². The van der Waals surface area contributed by atoms with Crippen LogP contribution in [-0.4, -0.2) is 9.55 Å². The van der Waals surface area contributed by atoms with Crippen LogP contribution in [0.1, 0.15) is 5.56 Å². The number of rotatable bonds is 0. The number of hydrogen-bond donors (Lipinski definition) is 1. The highest BCUT2D eigenvalue weighted by Crippen LogP contribution is 2.16. The van der Waals surface area contributed by atoms with Gasteiger partial charge < -0.3 is 10.3 Å². The summed E-state index contributed by atoms with van der Waals surface area (Å²) in [7, 11) is 1.92. The van der Waals surface area contributed by atoms with E-state index in [0.717, 1.165) is 11.0 Å². The number of imidazole rings is 1. The molecule has 0 saturated heterocycles. The predicted molar refractivity (Wildman–Crippen MR) is 77.9 cm³/mol. The lowest BCUT2D eigenvalue weighted by atomic mass is 10.2. The lowest BCUT2D eigenvalue weighted by Crippen LogP contribution is -1.95. The Bertz CT molecular complexity index is 437. The van der Waals surface area contributed by atoms with Crippen molar-refractivity contribution in [2.75, 3.05) is 5.73 Å². The van der Waals surface area contributed by atoms with Crippen molar-refractivity contribution < 1.29 is 0 Å². The Morgan fingerprint density at radius 3 is 2.64 bits per heavy atom. The van der Waals surface area contributed by atoms with E-state index in [4.69, 9.17) is 5.73 Å². The fourth-order valence-electron chi connectivity index (χ4n) is 1.33. The number of nitrogen functional groups attached to an aromatic ring is 1. The van der Waals surface area contributed by atoms with Crippen molar-refractivity contribution in [1.29, 1.82) is 0 Å². The third-order valence-corrected chi connectivity index (χ3v) is 2.07. The summed E-state index contributed by atoms with van der Waals surface area (Å²) in [6.07, 6.45) is 0. The topological polar surface area (TPSA) is 43.8 Å². The smallest absolute Gasteiger partial charge is 0.200 e. The van der Waals surface area contributed by atoms with Gasteiger partial charge >= 0.3 is 0 Å². The van der Waals surface area contributed by atoms with Crippen LogP contribution in [-0.2, 0) is 7.05 Å². The number of nitrogens with two attached hydrogens (primary N) is 1. The number of anilines is 1. The van der Waals surface area contributed by atoms with Gasteiger partial charge in [0.25, 0.3) is 0 Å². The average Bonchev–Trinajstić information content (AvgIpc) is 2.45. The molecule has 0 aliphatic rings. The third-order valence-electron chi connectivity index (χ3n) is 2.07. The average molecular weight is 415 g/mol. The Morgan fingerprint density at radius 1 is 1.36 bits per heavy atom. The fraction of sp³-hybridized carbons (Fsp3) is 0.222. The summed E-state index contributed by atoms with van der Waals surface area (Å²) in [6, 6.07) is 6.13. The SMILES string of the molecule is Cc1ccc2c(c1)nc(N)n2C.II. The largest absolute Gasteiger partial charge is 0.369 e. The highest BCUT2D eigenvalue weighted by molar-refractivity contribution is 15.0. The number of halogens is 2. The van der Waals surface area contributed by atoms with Crippen molar-refractivity contribution in [2.45, 2.75) is 6.92 Å². The third kappa shape index (κ3) is 2.30. The van der Waals surface area contributed by atoms with Crippen LogP contribution in [0.25, 0.3) is 11.0 Å². The zero-order chi connectivity index (χ0) is 10.7. The van der Waals surface area contributed by atoms with Gasteiger partial charge in [-0.2, -0.15) is 0 Å². The van der Waals surface area contributed by atoms with Gasteiger partial charge in [0, 0.05) is 44.3 Å². The van der Waals surface area contributed by atoms with Gasteiger partial charge in [0.15, 0.2) is 0 Å². The minimum Gasteiger partial charge on any atom is -0.369 e. The highest BCUT2D eigenvalue weighted by atomic mass is 128. The Hall–Kier alpha value is -0.0500. The standard InChI is InChI=1S/C9H11N3.I2/c1-6-3-4-8-7(5-6)11-9(10)12(8)2;1-2/h3-5H,1-2H3,(H2,10,11);. The van der Waals surface area contributed by atoms with Crippen molar-refractivity contribution in [2.24, 2.45) is 7.05 Å². The Kier molecular flexibility index (Phi) is 4.42. The van der Waals surface area contributed by atoms with Crippen LogP contribution in [0.2, 0.25) is 0 Å². The predicted octanol–water partition coefficient (Wildman–Crippen LogP) is 3.24. The monoisotopic (exact) mass is 415 g/mol. The molecule has 0 radical (unpaired) electrons. The van der Waals surface area contributed by atoms with Crippen LogP contribution >= 0.6 is 37.2 Å². The van der Waals surface area contributed by atoms with E-state index in [1.807, 2.05) is 30.7 Å². The zero-order valence-electron chi connectivity index (χ0n) is 7.96. The van der Waals surface area contributed by atoms with Crippen LogP contribution in [0.5, 0.6) is 0 Å². The maximum Gasteiger partial charge on any atom is 0.200 e. The molecule has 3 nitrogen and oxygen atoms in total. The van der Waals surface area contributed by atoms with Crippen LogP contribution in [0, 0.1) is 6.92 Å². The molecule has 5 heteroatoms. The van der Waals surface area contributed by atoms with Gasteiger partial charge in [-0.15, -0.1) is 0 Å². The van der Waals surface area contributed by atoms with Gasteiger partial charge in [-0.05, 0) is 24.6 Å². The summed E-state index contributed by atoms with van der Waals surface area (Å²) in [5, 5.41) is 0. The zero-order valence-corrected chi connectivity index (χ0v) is 12.3. The van der Waals surface area contributed by atoms with Gasteiger partial charge in [0.2, 0.25) is 5.95 Å². The minimum atomic E-state index is 0.565. The summed E-state index contributed by atoms with van der Waals surface area (Å²) in [5.41, 5.74) is 8.91. The van der Waals surface area contributed by atoms with Gasteiger partial charge in [0.1, 0.15) is 0 Å². The molecule has 0 atom stereocenters. The van der Waals surface area contributed by atoms with E-state index in [1.165, 1.54) is 5.56 Å². The lowest BCUT2D eigenvalue weighted by Gasteiger charge is -1.95. The number of aryl methyl sites for hydroxylation is 2. The van der Waals surface area contributed by atoms with E-state index in [9.17, 15) is 0 Å². The number of benzene rings is 1. The summed E-state index contributed by atoms with van der Waals surface area (Å²) in [6.45, 7) is 2.05. The Labute approximate surface area is 106 Å². The minimum absolute atomic E-state index is 0.565. The second-order valence-corrected chi connectivity index (χ2v) is 3.02. The fourth-order valence-corrected chi connectivity index (χ4v) is 1.33. The van der Waals surface area contributed by atoms with Crippen molar-refractivity contribution in [3.8, 4) is 0 Å². The number of fused-ring (bicyclic) bond motifs is 1. The van der Waals surface area contributed by atoms with Crippen LogP contribution in [0.4, 0.5) is 5.95 Å². The molecular weight excluding hydrogens is 404 g/mol. The molecule has 0 saturated carbocycles. The summed E-state index contributed by atoms with van der Waals surface area (Å²) < 4.78 is 1.88. The maximum absolute atomic E-state index is 5.65. The van der Waals surface area contributed by atoms with Gasteiger partial charge in [-0.3, -0.25) is 0 Å². The molecule has 0 unspecified atom stereocenters. The highest BCUT2D eigenvalue weighted by Gasteiger charge is 2.02. The number of hydrogen-bond acceptors (Lipinski definition) is 2. The van der Waals surface area contributed by atoms with Crippen molar-refractivity contribution in [3.05, 3.63) is 23.8 Å². The molecule has 1 heterocycles. The molecule has 76 valence electrons. The van der Waals surface area contributed by atoms with Gasteiger partial charge in [0.05, 0.1) is 11.0 Å². The first kappa shape index (κ1) is 12.0. The second-order valence-electron chi connectivity index (χ2n) is 3.02. The Morgan fingerprint density at radius 2 is 2.00 bits per heavy atom. The first-order chi connectivity index (χ1) is 6.68. The molecule has 0 aliphatic heterocycles.